The van der Waals surface area contributed by atoms with E-state index in [1.54, 1.807) is 24.3 Å². The first kappa shape index (κ1) is 13.0. The molecule has 0 fully saturated rings. The van der Waals surface area contributed by atoms with Crippen molar-refractivity contribution in [2.45, 2.75) is 6.04 Å². The number of nitrogens with zero attached hydrogens (tertiary/aromatic N) is 4. The summed E-state index contributed by atoms with van der Waals surface area (Å²) in [6, 6.07) is 17.2. The largest absolute Gasteiger partial charge is 0.479 e. The summed E-state index contributed by atoms with van der Waals surface area (Å²) in [6.45, 7) is 0. The predicted octanol–water partition coefficient (Wildman–Crippen LogP) is 2.01. The molecular formula is C15H12N4O2. The van der Waals surface area contributed by atoms with Crippen LogP contribution in [0.1, 0.15) is 11.6 Å². The molecule has 0 spiro atoms. The zero-order valence-corrected chi connectivity index (χ0v) is 11.0. The highest BCUT2D eigenvalue weighted by Crippen LogP contribution is 2.18. The Hall–Kier alpha value is -3.02. The van der Waals surface area contributed by atoms with Gasteiger partial charge in [0.15, 0.2) is 6.04 Å². The maximum Gasteiger partial charge on any atom is 0.335 e. The molecule has 0 amide bonds. The molecule has 2 aromatic carbocycles. The first-order valence-electron chi connectivity index (χ1n) is 6.38. The smallest absolute Gasteiger partial charge is 0.335 e. The molecule has 6 nitrogen and oxygen atoms in total. The zero-order chi connectivity index (χ0) is 14.7. The van der Waals surface area contributed by atoms with E-state index in [1.807, 2.05) is 36.4 Å². The first-order valence-corrected chi connectivity index (χ1v) is 6.38. The van der Waals surface area contributed by atoms with E-state index >= 15 is 0 Å². The molecule has 0 aliphatic rings. The summed E-state index contributed by atoms with van der Waals surface area (Å²) in [5.41, 5.74) is 1.39. The van der Waals surface area contributed by atoms with Crippen molar-refractivity contribution in [2.75, 3.05) is 0 Å². The molecule has 1 heterocycles. The summed E-state index contributed by atoms with van der Waals surface area (Å²) in [5, 5.41) is 21.4. The van der Waals surface area contributed by atoms with E-state index < -0.39 is 12.0 Å². The van der Waals surface area contributed by atoms with E-state index in [0.717, 1.165) is 10.4 Å². The number of carboxylic acids is 1. The number of hydrogen-bond donors (Lipinski definition) is 1. The van der Waals surface area contributed by atoms with Crippen LogP contribution in [-0.2, 0) is 4.79 Å². The van der Waals surface area contributed by atoms with E-state index in [1.165, 1.54) is 0 Å². The van der Waals surface area contributed by atoms with Gasteiger partial charge in [0.25, 0.3) is 0 Å². The van der Waals surface area contributed by atoms with Crippen molar-refractivity contribution in [2.24, 2.45) is 0 Å². The molecule has 3 rings (SSSR count). The van der Waals surface area contributed by atoms with Gasteiger partial charge in [-0.05, 0) is 10.8 Å². The van der Waals surface area contributed by atoms with Gasteiger partial charge in [0, 0.05) is 5.56 Å². The second kappa shape index (κ2) is 5.54. The summed E-state index contributed by atoms with van der Waals surface area (Å²) in [5.74, 6) is -0.629. The van der Waals surface area contributed by atoms with E-state index in [4.69, 9.17) is 0 Å². The van der Waals surface area contributed by atoms with Gasteiger partial charge in [-0.2, -0.15) is 0 Å². The SMILES string of the molecule is O=C(O)[C@@H](c1ccccc1)n1nnc(-c2ccccc2)n1. The molecule has 1 aromatic heterocycles. The molecule has 0 saturated carbocycles. The Labute approximate surface area is 120 Å². The standard InChI is InChI=1S/C15H12N4O2/c20-15(21)13(11-7-3-1-4-8-11)19-17-14(16-18-19)12-9-5-2-6-10-12/h1-10,13H,(H,20,21)/t13-/m1/s1. The summed E-state index contributed by atoms with van der Waals surface area (Å²) in [7, 11) is 0. The highest BCUT2D eigenvalue weighted by molar-refractivity contribution is 5.75. The van der Waals surface area contributed by atoms with Crippen LogP contribution in [0, 0.1) is 0 Å². The van der Waals surface area contributed by atoms with Gasteiger partial charge in [0.05, 0.1) is 0 Å². The van der Waals surface area contributed by atoms with Crippen LogP contribution in [-0.4, -0.2) is 31.3 Å². The molecule has 0 aliphatic heterocycles. The van der Waals surface area contributed by atoms with Crippen molar-refractivity contribution < 1.29 is 9.90 Å². The minimum atomic E-state index is -1.03. The minimum absolute atomic E-state index is 0.401. The van der Waals surface area contributed by atoms with Crippen LogP contribution in [0.5, 0.6) is 0 Å². The second-order valence-corrected chi connectivity index (χ2v) is 4.45. The maximum atomic E-state index is 11.5. The Morgan fingerprint density at radius 1 is 1.00 bits per heavy atom. The Balaban J connectivity index is 1.99. The van der Waals surface area contributed by atoms with Crippen LogP contribution < -0.4 is 0 Å². The van der Waals surface area contributed by atoms with E-state index in [9.17, 15) is 9.90 Å². The quantitative estimate of drug-likeness (QED) is 0.790. The summed E-state index contributed by atoms with van der Waals surface area (Å²) in [6.07, 6.45) is 0. The molecule has 6 heteroatoms. The molecular weight excluding hydrogens is 268 g/mol. The zero-order valence-electron chi connectivity index (χ0n) is 11.0. The Morgan fingerprint density at radius 3 is 2.24 bits per heavy atom. The van der Waals surface area contributed by atoms with Crippen molar-refractivity contribution in [1.82, 2.24) is 20.2 Å². The van der Waals surface area contributed by atoms with Crippen molar-refractivity contribution in [1.29, 1.82) is 0 Å². The lowest BCUT2D eigenvalue weighted by molar-refractivity contribution is -0.140. The number of tetrazole rings is 1. The van der Waals surface area contributed by atoms with Gasteiger partial charge in [-0.25, -0.2) is 4.79 Å². The number of aliphatic carboxylic acids is 1. The van der Waals surface area contributed by atoms with Gasteiger partial charge in [-0.15, -0.1) is 15.0 Å². The number of benzene rings is 2. The third-order valence-corrected chi connectivity index (χ3v) is 3.04. The van der Waals surface area contributed by atoms with Crippen LogP contribution in [0.3, 0.4) is 0 Å². The van der Waals surface area contributed by atoms with Gasteiger partial charge in [-0.1, -0.05) is 60.7 Å². The lowest BCUT2D eigenvalue weighted by Crippen LogP contribution is -2.22. The average Bonchev–Trinajstić information content (AvgIpc) is 2.98. The number of rotatable bonds is 4. The van der Waals surface area contributed by atoms with Gasteiger partial charge >= 0.3 is 5.97 Å². The van der Waals surface area contributed by atoms with E-state index in [0.29, 0.717) is 11.4 Å². The molecule has 0 aliphatic carbocycles. The third kappa shape index (κ3) is 2.64. The topological polar surface area (TPSA) is 80.9 Å². The minimum Gasteiger partial charge on any atom is -0.479 e. The van der Waals surface area contributed by atoms with Crippen LogP contribution >= 0.6 is 0 Å². The number of carboxylic acid groups (broad SMARTS) is 1. The average molecular weight is 280 g/mol. The van der Waals surface area contributed by atoms with Gasteiger partial charge in [-0.3, -0.25) is 0 Å². The Kier molecular flexibility index (Phi) is 3.42. The lowest BCUT2D eigenvalue weighted by Gasteiger charge is -2.10. The Bertz CT molecular complexity index is 741. The van der Waals surface area contributed by atoms with Gasteiger partial charge in [0.1, 0.15) is 0 Å². The molecule has 3 aromatic rings. The first-order chi connectivity index (χ1) is 10.3. The molecule has 0 saturated heterocycles. The summed E-state index contributed by atoms with van der Waals surface area (Å²) in [4.78, 5) is 12.6. The molecule has 1 N–H and O–H groups in total. The van der Waals surface area contributed by atoms with Crippen LogP contribution in [0.4, 0.5) is 0 Å². The normalized spacial score (nSPS) is 12.0. The van der Waals surface area contributed by atoms with Crippen LogP contribution in [0.25, 0.3) is 11.4 Å². The second-order valence-electron chi connectivity index (χ2n) is 4.45. The third-order valence-electron chi connectivity index (χ3n) is 3.04. The highest BCUT2D eigenvalue weighted by Gasteiger charge is 2.24. The lowest BCUT2D eigenvalue weighted by atomic mass is 10.1. The van der Waals surface area contributed by atoms with E-state index in [-0.39, 0.29) is 0 Å². The molecule has 0 bridgehead atoms. The molecule has 0 unspecified atom stereocenters. The van der Waals surface area contributed by atoms with Crippen molar-refractivity contribution >= 4 is 5.97 Å². The van der Waals surface area contributed by atoms with Crippen molar-refractivity contribution in [3.8, 4) is 11.4 Å². The fraction of sp³-hybridized carbons (Fsp3) is 0.0667. The highest BCUT2D eigenvalue weighted by atomic mass is 16.4. The predicted molar refractivity (Wildman–Crippen MR) is 75.5 cm³/mol. The number of aromatic nitrogens is 4. The van der Waals surface area contributed by atoms with Crippen LogP contribution in [0.15, 0.2) is 60.7 Å². The summed E-state index contributed by atoms with van der Waals surface area (Å²) < 4.78 is 0. The monoisotopic (exact) mass is 280 g/mol. The van der Waals surface area contributed by atoms with Gasteiger partial charge in [0.2, 0.25) is 5.82 Å². The molecule has 1 atom stereocenters. The fourth-order valence-electron chi connectivity index (χ4n) is 2.05. The van der Waals surface area contributed by atoms with Crippen LogP contribution in [0.2, 0.25) is 0 Å². The molecule has 0 radical (unpaired) electrons. The maximum absolute atomic E-state index is 11.5. The summed E-state index contributed by atoms with van der Waals surface area (Å²) >= 11 is 0. The molecule has 21 heavy (non-hydrogen) atoms. The number of carbonyl (C=O) groups is 1. The van der Waals surface area contributed by atoms with E-state index in [2.05, 4.69) is 15.4 Å². The molecule has 104 valence electrons. The van der Waals surface area contributed by atoms with Gasteiger partial charge < -0.3 is 5.11 Å². The Morgan fingerprint density at radius 2 is 1.62 bits per heavy atom. The van der Waals surface area contributed by atoms with Crippen molar-refractivity contribution in [3.63, 3.8) is 0 Å². The van der Waals surface area contributed by atoms with Crippen molar-refractivity contribution in [3.05, 3.63) is 66.2 Å². The fourth-order valence-corrected chi connectivity index (χ4v) is 2.05. The number of hydrogen-bond acceptors (Lipinski definition) is 4.